The summed E-state index contributed by atoms with van der Waals surface area (Å²) in [5.41, 5.74) is 0.508. The normalized spacial score (nSPS) is 10.4. The molecule has 0 fully saturated rings. The molecule has 4 nitrogen and oxygen atoms in total. The highest BCUT2D eigenvalue weighted by molar-refractivity contribution is 6.33. The summed E-state index contributed by atoms with van der Waals surface area (Å²) >= 11 is 11.6. The molecule has 0 radical (unpaired) electrons. The Morgan fingerprint density at radius 1 is 1.25 bits per heavy atom. The van der Waals surface area contributed by atoms with Gasteiger partial charge in [-0.3, -0.25) is 0 Å². The lowest BCUT2D eigenvalue weighted by atomic mass is 10.3. The SMILES string of the molecule is CCCNc1ncc(Cl)c(Nc2ccc(Cl)c(F)c2)n1. The van der Waals surface area contributed by atoms with Crippen LogP contribution in [0.3, 0.4) is 0 Å². The summed E-state index contributed by atoms with van der Waals surface area (Å²) in [6.07, 6.45) is 2.44. The summed E-state index contributed by atoms with van der Waals surface area (Å²) in [6, 6.07) is 4.38. The lowest BCUT2D eigenvalue weighted by Gasteiger charge is -2.10. The van der Waals surface area contributed by atoms with Crippen molar-refractivity contribution in [3.8, 4) is 0 Å². The van der Waals surface area contributed by atoms with E-state index in [1.807, 2.05) is 6.92 Å². The van der Waals surface area contributed by atoms with Crippen LogP contribution in [0.1, 0.15) is 13.3 Å². The molecule has 2 N–H and O–H groups in total. The van der Waals surface area contributed by atoms with Gasteiger partial charge in [0.05, 0.1) is 11.2 Å². The smallest absolute Gasteiger partial charge is 0.224 e. The maximum atomic E-state index is 13.4. The third-order valence-corrected chi connectivity index (χ3v) is 3.04. The molecule has 0 atom stereocenters. The van der Waals surface area contributed by atoms with Crippen LogP contribution in [0.4, 0.5) is 21.8 Å². The highest BCUT2D eigenvalue weighted by Crippen LogP contribution is 2.25. The van der Waals surface area contributed by atoms with Gasteiger partial charge in [0.15, 0.2) is 5.82 Å². The van der Waals surface area contributed by atoms with E-state index in [2.05, 4.69) is 20.6 Å². The van der Waals surface area contributed by atoms with Gasteiger partial charge in [0.1, 0.15) is 10.8 Å². The number of nitrogens with one attached hydrogen (secondary N) is 2. The number of hydrogen-bond donors (Lipinski definition) is 2. The molecule has 1 aromatic carbocycles. The Bertz CT molecular complexity index is 607. The van der Waals surface area contributed by atoms with Gasteiger partial charge in [-0.05, 0) is 24.6 Å². The highest BCUT2D eigenvalue weighted by atomic mass is 35.5. The molecule has 0 bridgehead atoms. The molecule has 0 aliphatic rings. The Hall–Kier alpha value is -1.59. The average Bonchev–Trinajstić information content (AvgIpc) is 2.44. The van der Waals surface area contributed by atoms with E-state index in [1.54, 1.807) is 6.07 Å². The lowest BCUT2D eigenvalue weighted by molar-refractivity contribution is 0.629. The third-order valence-electron chi connectivity index (χ3n) is 2.46. The number of nitrogens with zero attached hydrogens (tertiary/aromatic N) is 2. The first kappa shape index (κ1) is 14.8. The van der Waals surface area contributed by atoms with E-state index in [-0.39, 0.29) is 5.02 Å². The topological polar surface area (TPSA) is 49.8 Å². The minimum absolute atomic E-state index is 0.0645. The standard InChI is InChI=1S/C13H13Cl2FN4/c1-2-5-17-13-18-7-10(15)12(20-13)19-8-3-4-9(14)11(16)6-8/h3-4,6-7H,2,5H2,1H3,(H2,17,18,19,20). The molecule has 7 heteroatoms. The van der Waals surface area contributed by atoms with Crippen LogP contribution in [0.25, 0.3) is 0 Å². The molecule has 2 rings (SSSR count). The first-order chi connectivity index (χ1) is 9.60. The monoisotopic (exact) mass is 314 g/mol. The molecule has 0 unspecified atom stereocenters. The maximum absolute atomic E-state index is 13.4. The molecule has 2 aromatic rings. The molecule has 0 saturated carbocycles. The minimum Gasteiger partial charge on any atom is -0.354 e. The van der Waals surface area contributed by atoms with Crippen molar-refractivity contribution >= 4 is 40.7 Å². The highest BCUT2D eigenvalue weighted by Gasteiger charge is 2.07. The van der Waals surface area contributed by atoms with Gasteiger partial charge in [-0.2, -0.15) is 4.98 Å². The van der Waals surface area contributed by atoms with E-state index in [0.29, 0.717) is 22.5 Å². The Labute approximate surface area is 126 Å². The molecule has 0 aliphatic carbocycles. The van der Waals surface area contributed by atoms with E-state index >= 15 is 0 Å². The fraction of sp³-hybridized carbons (Fsp3) is 0.231. The van der Waals surface area contributed by atoms with E-state index in [9.17, 15) is 4.39 Å². The third kappa shape index (κ3) is 3.71. The predicted molar refractivity (Wildman–Crippen MR) is 80.5 cm³/mol. The number of aromatic nitrogens is 2. The van der Waals surface area contributed by atoms with Gasteiger partial charge >= 0.3 is 0 Å². The van der Waals surface area contributed by atoms with Crippen LogP contribution in [-0.4, -0.2) is 16.5 Å². The quantitative estimate of drug-likeness (QED) is 0.853. The van der Waals surface area contributed by atoms with Gasteiger partial charge in [0.25, 0.3) is 0 Å². The number of halogens is 3. The maximum Gasteiger partial charge on any atom is 0.224 e. The fourth-order valence-corrected chi connectivity index (χ4v) is 1.74. The first-order valence-corrected chi connectivity index (χ1v) is 6.84. The fourth-order valence-electron chi connectivity index (χ4n) is 1.49. The molecular weight excluding hydrogens is 302 g/mol. The zero-order valence-electron chi connectivity index (χ0n) is 10.8. The van der Waals surface area contributed by atoms with Crippen molar-refractivity contribution in [3.63, 3.8) is 0 Å². The summed E-state index contributed by atoms with van der Waals surface area (Å²) in [4.78, 5) is 8.30. The molecule has 106 valence electrons. The van der Waals surface area contributed by atoms with Crippen LogP contribution in [0, 0.1) is 5.82 Å². The van der Waals surface area contributed by atoms with E-state index < -0.39 is 5.82 Å². The van der Waals surface area contributed by atoms with Crippen LogP contribution in [0.5, 0.6) is 0 Å². The predicted octanol–water partition coefficient (Wildman–Crippen LogP) is 4.49. The largest absolute Gasteiger partial charge is 0.354 e. The second-order valence-electron chi connectivity index (χ2n) is 4.07. The van der Waals surface area contributed by atoms with E-state index in [0.717, 1.165) is 13.0 Å². The molecule has 20 heavy (non-hydrogen) atoms. The van der Waals surface area contributed by atoms with Gasteiger partial charge in [-0.15, -0.1) is 0 Å². The lowest BCUT2D eigenvalue weighted by Crippen LogP contribution is -2.06. The van der Waals surface area contributed by atoms with Gasteiger partial charge in [-0.1, -0.05) is 30.1 Å². The zero-order chi connectivity index (χ0) is 14.5. The number of hydrogen-bond acceptors (Lipinski definition) is 4. The van der Waals surface area contributed by atoms with Crippen molar-refractivity contribution in [2.24, 2.45) is 0 Å². The van der Waals surface area contributed by atoms with E-state index in [1.165, 1.54) is 18.3 Å². The minimum atomic E-state index is -0.508. The summed E-state index contributed by atoms with van der Waals surface area (Å²) in [6.45, 7) is 2.80. The van der Waals surface area contributed by atoms with Gasteiger partial charge < -0.3 is 10.6 Å². The Morgan fingerprint density at radius 2 is 2.05 bits per heavy atom. The van der Waals surface area contributed by atoms with Crippen LogP contribution < -0.4 is 10.6 Å². The number of rotatable bonds is 5. The zero-order valence-corrected chi connectivity index (χ0v) is 12.3. The van der Waals surface area contributed by atoms with Crippen molar-refractivity contribution in [1.82, 2.24) is 9.97 Å². The molecule has 1 heterocycles. The van der Waals surface area contributed by atoms with Crippen molar-refractivity contribution in [2.45, 2.75) is 13.3 Å². The molecule has 1 aromatic heterocycles. The van der Waals surface area contributed by atoms with Crippen LogP contribution in [-0.2, 0) is 0 Å². The second-order valence-corrected chi connectivity index (χ2v) is 4.89. The summed E-state index contributed by atoms with van der Waals surface area (Å²) in [5.74, 6) is 0.362. The average molecular weight is 315 g/mol. The Kier molecular flexibility index (Phi) is 4.98. The Balaban J connectivity index is 2.20. The first-order valence-electron chi connectivity index (χ1n) is 6.08. The summed E-state index contributed by atoms with van der Waals surface area (Å²) in [7, 11) is 0. The Morgan fingerprint density at radius 3 is 2.75 bits per heavy atom. The molecule has 0 saturated heterocycles. The van der Waals surface area contributed by atoms with Crippen molar-refractivity contribution in [2.75, 3.05) is 17.2 Å². The van der Waals surface area contributed by atoms with Gasteiger partial charge in [0, 0.05) is 12.2 Å². The van der Waals surface area contributed by atoms with E-state index in [4.69, 9.17) is 23.2 Å². The number of benzene rings is 1. The summed E-state index contributed by atoms with van der Waals surface area (Å²) < 4.78 is 13.4. The molecule has 0 aliphatic heterocycles. The molecule has 0 spiro atoms. The molecular formula is C13H13Cl2FN4. The van der Waals surface area contributed by atoms with Crippen molar-refractivity contribution in [1.29, 1.82) is 0 Å². The van der Waals surface area contributed by atoms with Crippen LogP contribution in [0.2, 0.25) is 10.0 Å². The van der Waals surface area contributed by atoms with Gasteiger partial charge in [0.2, 0.25) is 5.95 Å². The number of anilines is 3. The molecule has 0 amide bonds. The van der Waals surface area contributed by atoms with Crippen molar-refractivity contribution < 1.29 is 4.39 Å². The van der Waals surface area contributed by atoms with Crippen LogP contribution in [0.15, 0.2) is 24.4 Å². The second kappa shape index (κ2) is 6.72. The van der Waals surface area contributed by atoms with Crippen LogP contribution >= 0.6 is 23.2 Å². The summed E-state index contributed by atoms with van der Waals surface area (Å²) in [5, 5.41) is 6.40. The van der Waals surface area contributed by atoms with Gasteiger partial charge in [-0.25, -0.2) is 9.37 Å². The van der Waals surface area contributed by atoms with Crippen molar-refractivity contribution in [3.05, 3.63) is 40.3 Å².